The lowest BCUT2D eigenvalue weighted by atomic mass is 9.49. The predicted octanol–water partition coefficient (Wildman–Crippen LogP) is 5.58. The van der Waals surface area contributed by atoms with Crippen molar-refractivity contribution in [3.8, 4) is 11.3 Å². The molecule has 5 heteroatoms. The van der Waals surface area contributed by atoms with Crippen molar-refractivity contribution in [2.24, 2.45) is 23.2 Å². The second kappa shape index (κ2) is 8.23. The van der Waals surface area contributed by atoms with E-state index in [1.165, 1.54) is 44.1 Å². The van der Waals surface area contributed by atoms with Crippen molar-refractivity contribution in [2.75, 3.05) is 0 Å². The number of hydrogen-bond acceptors (Lipinski definition) is 3. The summed E-state index contributed by atoms with van der Waals surface area (Å²) in [5.74, 6) is 2.02. The molecule has 7 rings (SSSR count). The average Bonchev–Trinajstić information content (AvgIpc) is 2.81. The molecular formula is C29H31N3O2. The van der Waals surface area contributed by atoms with Crippen LogP contribution in [0, 0.1) is 30.1 Å². The summed E-state index contributed by atoms with van der Waals surface area (Å²) < 4.78 is 0. The molecule has 4 fully saturated rings. The Morgan fingerprint density at radius 1 is 0.912 bits per heavy atom. The fourth-order valence-electron chi connectivity index (χ4n) is 7.32. The summed E-state index contributed by atoms with van der Waals surface area (Å²) in [5, 5.41) is 0.770. The first kappa shape index (κ1) is 21.3. The van der Waals surface area contributed by atoms with Gasteiger partial charge in [0.2, 0.25) is 5.91 Å². The molecule has 174 valence electrons. The molecule has 0 aliphatic heterocycles. The molecule has 2 N–H and O–H groups in total. The maximum absolute atomic E-state index is 13.2. The molecule has 3 aromatic rings. The largest absolute Gasteiger partial charge is 0.273 e. The fourth-order valence-corrected chi connectivity index (χ4v) is 7.32. The van der Waals surface area contributed by atoms with E-state index in [2.05, 4.69) is 10.9 Å². The second-order valence-corrected chi connectivity index (χ2v) is 11.0. The van der Waals surface area contributed by atoms with Crippen LogP contribution >= 0.6 is 0 Å². The first-order valence-electron chi connectivity index (χ1n) is 12.5. The number of hydrazine groups is 1. The second-order valence-electron chi connectivity index (χ2n) is 11.0. The molecule has 0 radical (unpaired) electrons. The summed E-state index contributed by atoms with van der Waals surface area (Å²) in [6.45, 7) is 2.04. The van der Waals surface area contributed by atoms with E-state index < -0.39 is 0 Å². The van der Waals surface area contributed by atoms with Crippen LogP contribution in [0.2, 0.25) is 0 Å². The molecule has 4 aliphatic carbocycles. The number of carbonyl (C=O) groups is 2. The number of benzene rings is 2. The fraction of sp³-hybridized carbons (Fsp3) is 0.414. The molecule has 4 bridgehead atoms. The quantitative estimate of drug-likeness (QED) is 0.507. The average molecular weight is 454 g/mol. The molecule has 2 aromatic carbocycles. The van der Waals surface area contributed by atoms with E-state index in [0.717, 1.165) is 39.9 Å². The molecular weight excluding hydrogens is 422 g/mol. The van der Waals surface area contributed by atoms with E-state index >= 15 is 0 Å². The van der Waals surface area contributed by atoms with Crippen LogP contribution in [0.25, 0.3) is 22.2 Å². The zero-order valence-electron chi connectivity index (χ0n) is 19.6. The molecule has 1 aromatic heterocycles. The highest BCUT2D eigenvalue weighted by atomic mass is 16.2. The van der Waals surface area contributed by atoms with Gasteiger partial charge in [0.25, 0.3) is 5.91 Å². The maximum Gasteiger partial charge on any atom is 0.270 e. The van der Waals surface area contributed by atoms with Gasteiger partial charge in [-0.05, 0) is 80.8 Å². The number of hydrogen-bond donors (Lipinski definition) is 2. The minimum absolute atomic E-state index is 0.0765. The Morgan fingerprint density at radius 3 is 2.24 bits per heavy atom. The Labute approximate surface area is 200 Å². The van der Waals surface area contributed by atoms with Gasteiger partial charge in [0.05, 0.1) is 16.8 Å². The van der Waals surface area contributed by atoms with Crippen LogP contribution in [0.1, 0.15) is 60.9 Å². The van der Waals surface area contributed by atoms with E-state index in [1.807, 2.05) is 61.5 Å². The number of nitrogens with one attached hydrogen (secondary N) is 2. The Bertz CT molecular complexity index is 1230. The molecule has 4 aliphatic rings. The molecule has 0 spiro atoms. The van der Waals surface area contributed by atoms with E-state index in [0.29, 0.717) is 12.0 Å². The lowest BCUT2D eigenvalue weighted by Crippen LogP contribution is -2.50. The molecule has 1 heterocycles. The van der Waals surface area contributed by atoms with Gasteiger partial charge >= 0.3 is 0 Å². The van der Waals surface area contributed by atoms with E-state index in [9.17, 15) is 9.59 Å². The number of aromatic nitrogens is 1. The van der Waals surface area contributed by atoms with Gasteiger partial charge in [-0.1, -0.05) is 48.0 Å². The van der Waals surface area contributed by atoms with Crippen LogP contribution in [0.4, 0.5) is 0 Å². The molecule has 4 saturated carbocycles. The zero-order chi connectivity index (χ0) is 23.3. The van der Waals surface area contributed by atoms with Crippen molar-refractivity contribution in [1.82, 2.24) is 15.8 Å². The third-order valence-corrected chi connectivity index (χ3v) is 8.32. The standard InChI is InChI=1S/C29H31N3O2/c1-18-6-8-22(9-7-18)26-13-24(23-4-2-3-5-25(23)30-26)28(34)32-31-27(33)17-29-14-19-10-20(15-29)12-21(11-19)16-29/h2-9,13,19-21H,10-12,14-17H2,1H3,(H,31,33)(H,32,34). The highest BCUT2D eigenvalue weighted by Crippen LogP contribution is 2.61. The van der Waals surface area contributed by atoms with Crippen LogP contribution in [0.3, 0.4) is 0 Å². The Morgan fingerprint density at radius 2 is 1.56 bits per heavy atom. The molecule has 5 nitrogen and oxygen atoms in total. The summed E-state index contributed by atoms with van der Waals surface area (Å²) in [6.07, 6.45) is 8.12. The van der Waals surface area contributed by atoms with Crippen LogP contribution in [-0.4, -0.2) is 16.8 Å². The maximum atomic E-state index is 13.2. The van der Waals surface area contributed by atoms with Gasteiger partial charge in [0.1, 0.15) is 0 Å². The van der Waals surface area contributed by atoms with Gasteiger partial charge in [0.15, 0.2) is 0 Å². The van der Waals surface area contributed by atoms with Gasteiger partial charge in [-0.2, -0.15) is 0 Å². The third kappa shape index (κ3) is 3.97. The molecule has 34 heavy (non-hydrogen) atoms. The van der Waals surface area contributed by atoms with Crippen molar-refractivity contribution in [3.05, 3.63) is 65.7 Å². The number of aryl methyl sites for hydroxylation is 1. The molecule has 0 unspecified atom stereocenters. The number of fused-ring (bicyclic) bond motifs is 1. The molecule has 0 saturated heterocycles. The number of pyridine rings is 1. The van der Waals surface area contributed by atoms with Crippen molar-refractivity contribution >= 4 is 22.7 Å². The summed E-state index contributed by atoms with van der Waals surface area (Å²) >= 11 is 0. The normalized spacial score (nSPS) is 27.0. The van der Waals surface area contributed by atoms with E-state index in [4.69, 9.17) is 4.98 Å². The predicted molar refractivity (Wildman–Crippen MR) is 133 cm³/mol. The summed E-state index contributed by atoms with van der Waals surface area (Å²) in [6, 6.07) is 17.5. The van der Waals surface area contributed by atoms with E-state index in [1.54, 1.807) is 0 Å². The highest BCUT2D eigenvalue weighted by molar-refractivity contribution is 6.07. The van der Waals surface area contributed by atoms with Gasteiger partial charge < -0.3 is 0 Å². The SMILES string of the molecule is Cc1ccc(-c2cc(C(=O)NNC(=O)CC34CC5CC(CC(C5)C3)C4)c3ccccc3n2)cc1. The lowest BCUT2D eigenvalue weighted by Gasteiger charge is -2.56. The summed E-state index contributed by atoms with van der Waals surface area (Å²) in [7, 11) is 0. The van der Waals surface area contributed by atoms with Gasteiger partial charge in [-0.3, -0.25) is 20.4 Å². The third-order valence-electron chi connectivity index (χ3n) is 8.32. The van der Waals surface area contributed by atoms with Crippen LogP contribution in [0.5, 0.6) is 0 Å². The van der Waals surface area contributed by atoms with Crippen LogP contribution < -0.4 is 10.9 Å². The van der Waals surface area contributed by atoms with Crippen molar-refractivity contribution in [3.63, 3.8) is 0 Å². The van der Waals surface area contributed by atoms with Crippen molar-refractivity contribution in [2.45, 2.75) is 51.9 Å². The lowest BCUT2D eigenvalue weighted by molar-refractivity contribution is -0.130. The van der Waals surface area contributed by atoms with E-state index in [-0.39, 0.29) is 17.2 Å². The Balaban J connectivity index is 1.19. The number of amides is 2. The summed E-state index contributed by atoms with van der Waals surface area (Å²) in [4.78, 5) is 30.9. The van der Waals surface area contributed by atoms with Gasteiger partial charge in [0, 0.05) is 17.4 Å². The van der Waals surface area contributed by atoms with Gasteiger partial charge in [-0.15, -0.1) is 0 Å². The van der Waals surface area contributed by atoms with Crippen molar-refractivity contribution < 1.29 is 9.59 Å². The minimum Gasteiger partial charge on any atom is -0.273 e. The number of nitrogens with zero attached hydrogens (tertiary/aromatic N) is 1. The number of para-hydroxylation sites is 1. The molecule has 2 amide bonds. The monoisotopic (exact) mass is 453 g/mol. The Kier molecular flexibility index (Phi) is 5.16. The van der Waals surface area contributed by atoms with Gasteiger partial charge in [-0.25, -0.2) is 4.98 Å². The van der Waals surface area contributed by atoms with Crippen LogP contribution in [-0.2, 0) is 4.79 Å². The smallest absolute Gasteiger partial charge is 0.270 e. The highest BCUT2D eigenvalue weighted by Gasteiger charge is 2.51. The van der Waals surface area contributed by atoms with Crippen molar-refractivity contribution in [1.29, 1.82) is 0 Å². The first-order valence-corrected chi connectivity index (χ1v) is 12.5. The zero-order valence-corrected chi connectivity index (χ0v) is 19.6. The minimum atomic E-state index is -0.314. The Hall–Kier alpha value is -3.21. The number of carbonyl (C=O) groups excluding carboxylic acids is 2. The number of rotatable bonds is 4. The topological polar surface area (TPSA) is 71.1 Å². The molecule has 0 atom stereocenters. The first-order chi connectivity index (χ1) is 16.5. The summed E-state index contributed by atoms with van der Waals surface area (Å²) in [5.41, 5.74) is 9.70. The van der Waals surface area contributed by atoms with Crippen LogP contribution in [0.15, 0.2) is 54.6 Å².